The average Bonchev–Trinajstić information content (AvgIpc) is 2.77. The van der Waals surface area contributed by atoms with Gasteiger partial charge in [0.1, 0.15) is 5.76 Å². The number of carbonyl (C=O) groups is 1. The first-order chi connectivity index (χ1) is 8.45. The van der Waals surface area contributed by atoms with E-state index in [2.05, 4.69) is 15.4 Å². The predicted octanol–water partition coefficient (Wildman–Crippen LogP) is -0.587. The highest BCUT2D eigenvalue weighted by molar-refractivity contribution is 7.89. The van der Waals surface area contributed by atoms with Crippen LogP contribution in [0.25, 0.3) is 0 Å². The van der Waals surface area contributed by atoms with Crippen LogP contribution in [0.15, 0.2) is 21.6 Å². The minimum absolute atomic E-state index is 0.0859. The molecule has 1 heterocycles. The van der Waals surface area contributed by atoms with Gasteiger partial charge in [-0.1, -0.05) is 0 Å². The van der Waals surface area contributed by atoms with Crippen LogP contribution >= 0.6 is 0 Å². The van der Waals surface area contributed by atoms with Crippen LogP contribution < -0.4 is 15.4 Å². The van der Waals surface area contributed by atoms with Crippen molar-refractivity contribution in [1.29, 1.82) is 0 Å². The van der Waals surface area contributed by atoms with Gasteiger partial charge in [-0.15, -0.1) is 0 Å². The molecule has 1 aromatic rings. The van der Waals surface area contributed by atoms with Crippen molar-refractivity contribution in [3.8, 4) is 0 Å². The highest BCUT2D eigenvalue weighted by Gasteiger charge is 2.15. The Balaban J connectivity index is 2.39. The van der Waals surface area contributed by atoms with E-state index in [0.717, 1.165) is 0 Å². The molecule has 8 heteroatoms. The molecule has 0 unspecified atom stereocenters. The molecule has 0 atom stereocenters. The van der Waals surface area contributed by atoms with Gasteiger partial charge in [-0.25, -0.2) is 13.1 Å². The number of rotatable bonds is 7. The van der Waals surface area contributed by atoms with E-state index in [1.54, 1.807) is 6.07 Å². The highest BCUT2D eigenvalue weighted by Crippen LogP contribution is 2.12. The number of hydrogen-bond acceptors (Lipinski definition) is 5. The third-order valence-corrected chi connectivity index (χ3v) is 3.43. The molecule has 0 radical (unpaired) electrons. The summed E-state index contributed by atoms with van der Waals surface area (Å²) >= 11 is 0. The fourth-order valence-electron chi connectivity index (χ4n) is 1.24. The van der Waals surface area contributed by atoms with Gasteiger partial charge in [-0.3, -0.25) is 4.79 Å². The maximum absolute atomic E-state index is 11.4. The van der Waals surface area contributed by atoms with Gasteiger partial charge in [-0.05, 0) is 19.2 Å². The molecule has 0 aromatic carbocycles. The third-order valence-electron chi connectivity index (χ3n) is 2.15. The minimum Gasteiger partial charge on any atom is -0.447 e. The number of amides is 1. The molecule has 0 bridgehead atoms. The van der Waals surface area contributed by atoms with Crippen molar-refractivity contribution < 1.29 is 17.6 Å². The first-order valence-electron chi connectivity index (χ1n) is 5.43. The number of hydrogen-bond donors (Lipinski definition) is 3. The standard InChI is InChI=1S/C10H17N3O4S/c1-8(14)13-6-5-12-7-9-3-4-10(17-9)18(15,16)11-2/h3-4,11-12H,5-7H2,1-2H3,(H,13,14). The highest BCUT2D eigenvalue weighted by atomic mass is 32.2. The summed E-state index contributed by atoms with van der Waals surface area (Å²) in [5, 5.41) is 5.54. The topological polar surface area (TPSA) is 100 Å². The van der Waals surface area contributed by atoms with Gasteiger partial charge in [0.2, 0.25) is 11.0 Å². The van der Waals surface area contributed by atoms with Crippen molar-refractivity contribution in [3.05, 3.63) is 17.9 Å². The zero-order valence-corrected chi connectivity index (χ0v) is 11.1. The maximum Gasteiger partial charge on any atom is 0.273 e. The van der Waals surface area contributed by atoms with Gasteiger partial charge in [0.15, 0.2) is 0 Å². The molecule has 0 fully saturated rings. The van der Waals surface area contributed by atoms with Gasteiger partial charge in [-0.2, -0.15) is 0 Å². The lowest BCUT2D eigenvalue weighted by atomic mass is 10.4. The lowest BCUT2D eigenvalue weighted by Gasteiger charge is -2.03. The molecule has 0 aliphatic heterocycles. The monoisotopic (exact) mass is 275 g/mol. The SMILES string of the molecule is CNS(=O)(=O)c1ccc(CNCCNC(C)=O)o1. The van der Waals surface area contributed by atoms with Gasteiger partial charge >= 0.3 is 0 Å². The van der Waals surface area contributed by atoms with Crippen molar-refractivity contribution in [2.45, 2.75) is 18.6 Å². The van der Waals surface area contributed by atoms with E-state index < -0.39 is 10.0 Å². The Morgan fingerprint density at radius 2 is 2.06 bits per heavy atom. The van der Waals surface area contributed by atoms with E-state index in [1.165, 1.54) is 20.0 Å². The smallest absolute Gasteiger partial charge is 0.273 e. The second-order valence-corrected chi connectivity index (χ2v) is 5.41. The quantitative estimate of drug-likeness (QED) is 0.578. The first-order valence-corrected chi connectivity index (χ1v) is 6.91. The number of furan rings is 1. The van der Waals surface area contributed by atoms with Crippen LogP contribution in [0.3, 0.4) is 0 Å². The van der Waals surface area contributed by atoms with E-state index >= 15 is 0 Å². The predicted molar refractivity (Wildman–Crippen MR) is 65.3 cm³/mol. The summed E-state index contributed by atoms with van der Waals surface area (Å²) in [5.41, 5.74) is 0. The fourth-order valence-corrected chi connectivity index (χ4v) is 1.90. The minimum atomic E-state index is -3.53. The summed E-state index contributed by atoms with van der Waals surface area (Å²) in [5.74, 6) is 0.434. The first kappa shape index (κ1) is 14.7. The average molecular weight is 275 g/mol. The van der Waals surface area contributed by atoms with Crippen LogP contribution in [0.1, 0.15) is 12.7 Å². The van der Waals surface area contributed by atoms with Crippen LogP contribution in [0, 0.1) is 0 Å². The largest absolute Gasteiger partial charge is 0.447 e. The molecule has 7 nitrogen and oxygen atoms in total. The number of nitrogens with one attached hydrogen (secondary N) is 3. The van der Waals surface area contributed by atoms with E-state index in [0.29, 0.717) is 25.4 Å². The fraction of sp³-hybridized carbons (Fsp3) is 0.500. The molecule has 1 amide bonds. The summed E-state index contributed by atoms with van der Waals surface area (Å²) in [4.78, 5) is 10.6. The molecule has 1 aromatic heterocycles. The summed E-state index contributed by atoms with van der Waals surface area (Å²) in [6, 6.07) is 2.99. The molecule has 0 saturated carbocycles. The Kier molecular flexibility index (Phi) is 5.32. The molecular formula is C10H17N3O4S. The van der Waals surface area contributed by atoms with E-state index in [1.807, 2.05) is 0 Å². The Morgan fingerprint density at radius 1 is 1.33 bits per heavy atom. The Bertz CT molecular complexity index is 495. The van der Waals surface area contributed by atoms with E-state index in [-0.39, 0.29) is 11.0 Å². The Hall–Kier alpha value is -1.38. The molecule has 0 aliphatic rings. The van der Waals surface area contributed by atoms with Crippen LogP contribution in [0.5, 0.6) is 0 Å². The lowest BCUT2D eigenvalue weighted by Crippen LogP contribution is -2.29. The second kappa shape index (κ2) is 6.53. The lowest BCUT2D eigenvalue weighted by molar-refractivity contribution is -0.118. The van der Waals surface area contributed by atoms with Crippen molar-refractivity contribution >= 4 is 15.9 Å². The van der Waals surface area contributed by atoms with Gasteiger partial charge < -0.3 is 15.1 Å². The van der Waals surface area contributed by atoms with Crippen LogP contribution in [0.2, 0.25) is 0 Å². The summed E-state index contributed by atoms with van der Waals surface area (Å²) < 4.78 is 30.1. The van der Waals surface area contributed by atoms with Gasteiger partial charge in [0.05, 0.1) is 6.54 Å². The summed E-state index contributed by atoms with van der Waals surface area (Å²) in [7, 11) is -2.20. The molecule has 0 spiro atoms. The van der Waals surface area contributed by atoms with Crippen molar-refractivity contribution in [2.75, 3.05) is 20.1 Å². The van der Waals surface area contributed by atoms with Gasteiger partial charge in [0, 0.05) is 20.0 Å². The normalized spacial score (nSPS) is 11.4. The van der Waals surface area contributed by atoms with Crippen LogP contribution in [-0.2, 0) is 21.4 Å². The van der Waals surface area contributed by atoms with Crippen molar-refractivity contribution in [3.63, 3.8) is 0 Å². The molecule has 3 N–H and O–H groups in total. The molecule has 0 aliphatic carbocycles. The van der Waals surface area contributed by atoms with Crippen LogP contribution in [-0.4, -0.2) is 34.5 Å². The van der Waals surface area contributed by atoms with E-state index in [9.17, 15) is 13.2 Å². The molecule has 1 rings (SSSR count). The molecule has 18 heavy (non-hydrogen) atoms. The van der Waals surface area contributed by atoms with E-state index in [4.69, 9.17) is 4.42 Å². The second-order valence-electron chi connectivity index (χ2n) is 3.59. The third kappa shape index (κ3) is 4.47. The summed E-state index contributed by atoms with van der Waals surface area (Å²) in [6.45, 7) is 2.94. The van der Waals surface area contributed by atoms with Crippen molar-refractivity contribution in [1.82, 2.24) is 15.4 Å². The van der Waals surface area contributed by atoms with Gasteiger partial charge in [0.25, 0.3) is 10.0 Å². The zero-order valence-electron chi connectivity index (χ0n) is 10.3. The zero-order chi connectivity index (χ0) is 13.6. The van der Waals surface area contributed by atoms with Crippen LogP contribution in [0.4, 0.5) is 0 Å². The molecule has 0 saturated heterocycles. The number of sulfonamides is 1. The maximum atomic E-state index is 11.4. The molecular weight excluding hydrogens is 258 g/mol. The Morgan fingerprint density at radius 3 is 2.67 bits per heavy atom. The Labute approximate surface area is 106 Å². The van der Waals surface area contributed by atoms with Crippen molar-refractivity contribution in [2.24, 2.45) is 0 Å². The number of carbonyl (C=O) groups excluding carboxylic acids is 1. The summed E-state index contributed by atoms with van der Waals surface area (Å²) in [6.07, 6.45) is 0. The molecule has 102 valence electrons.